The standard InChI is InChI=1S/C16H16BrFO2S/c1-20-14-5-6-16(17)11(8-14)7-13(19)10-21-15-4-2-3-12(18)9-15/h2-6,8-9,13,19H,7,10H2,1H3. The number of methoxy groups -OCH3 is 1. The largest absolute Gasteiger partial charge is 0.497 e. The van der Waals surface area contributed by atoms with Crippen LogP contribution in [0.2, 0.25) is 0 Å². The molecule has 1 N–H and O–H groups in total. The smallest absolute Gasteiger partial charge is 0.124 e. The second-order valence-corrected chi connectivity index (χ2v) is 6.53. The molecule has 0 aliphatic rings. The van der Waals surface area contributed by atoms with Gasteiger partial charge in [0.1, 0.15) is 11.6 Å². The summed E-state index contributed by atoms with van der Waals surface area (Å²) in [7, 11) is 1.61. The quantitative estimate of drug-likeness (QED) is 0.769. The number of hydrogen-bond acceptors (Lipinski definition) is 3. The highest BCUT2D eigenvalue weighted by Crippen LogP contribution is 2.25. The third kappa shape index (κ3) is 5.02. The van der Waals surface area contributed by atoms with Gasteiger partial charge in [0.05, 0.1) is 13.2 Å². The van der Waals surface area contributed by atoms with Crippen LogP contribution in [-0.4, -0.2) is 24.1 Å². The predicted molar refractivity (Wildman–Crippen MR) is 87.5 cm³/mol. The molecule has 0 saturated carbocycles. The lowest BCUT2D eigenvalue weighted by Crippen LogP contribution is -2.14. The number of ether oxygens (including phenoxy) is 1. The van der Waals surface area contributed by atoms with Gasteiger partial charge in [-0.1, -0.05) is 22.0 Å². The van der Waals surface area contributed by atoms with E-state index in [9.17, 15) is 9.50 Å². The maximum absolute atomic E-state index is 13.1. The molecule has 5 heteroatoms. The van der Waals surface area contributed by atoms with Gasteiger partial charge in [0.2, 0.25) is 0 Å². The van der Waals surface area contributed by atoms with E-state index >= 15 is 0 Å². The molecule has 2 aromatic rings. The Bertz CT molecular complexity index is 607. The third-order valence-corrected chi connectivity index (χ3v) is 4.86. The van der Waals surface area contributed by atoms with Crippen molar-refractivity contribution in [2.45, 2.75) is 17.4 Å². The van der Waals surface area contributed by atoms with Crippen molar-refractivity contribution >= 4 is 27.7 Å². The second kappa shape index (κ2) is 7.82. The minimum absolute atomic E-state index is 0.259. The lowest BCUT2D eigenvalue weighted by molar-refractivity contribution is 0.200. The number of thioether (sulfide) groups is 1. The molecular formula is C16H16BrFO2S. The van der Waals surface area contributed by atoms with E-state index in [1.54, 1.807) is 13.2 Å². The number of rotatable bonds is 6. The van der Waals surface area contributed by atoms with Crippen molar-refractivity contribution in [1.29, 1.82) is 0 Å². The first-order valence-electron chi connectivity index (χ1n) is 6.47. The van der Waals surface area contributed by atoms with Crippen LogP contribution in [-0.2, 0) is 6.42 Å². The molecule has 0 aliphatic carbocycles. The molecule has 0 heterocycles. The molecule has 21 heavy (non-hydrogen) atoms. The van der Waals surface area contributed by atoms with E-state index in [-0.39, 0.29) is 5.82 Å². The SMILES string of the molecule is COc1ccc(Br)c(CC(O)CSc2cccc(F)c2)c1. The summed E-state index contributed by atoms with van der Waals surface area (Å²) in [5, 5.41) is 10.1. The van der Waals surface area contributed by atoms with Crippen LogP contribution in [0.4, 0.5) is 4.39 Å². The van der Waals surface area contributed by atoms with E-state index in [0.717, 1.165) is 20.7 Å². The number of halogens is 2. The fraction of sp³-hybridized carbons (Fsp3) is 0.250. The molecule has 0 amide bonds. The molecule has 1 atom stereocenters. The van der Waals surface area contributed by atoms with Crippen LogP contribution >= 0.6 is 27.7 Å². The van der Waals surface area contributed by atoms with Gasteiger partial charge in [-0.15, -0.1) is 11.8 Å². The van der Waals surface area contributed by atoms with E-state index in [0.29, 0.717) is 12.2 Å². The van der Waals surface area contributed by atoms with Crippen molar-refractivity contribution < 1.29 is 14.2 Å². The zero-order chi connectivity index (χ0) is 15.2. The van der Waals surface area contributed by atoms with E-state index < -0.39 is 6.10 Å². The summed E-state index contributed by atoms with van der Waals surface area (Å²) in [5.74, 6) is 1.01. The summed E-state index contributed by atoms with van der Waals surface area (Å²) in [5.41, 5.74) is 0.988. The minimum atomic E-state index is -0.512. The highest BCUT2D eigenvalue weighted by atomic mass is 79.9. The van der Waals surface area contributed by atoms with Crippen molar-refractivity contribution in [3.8, 4) is 5.75 Å². The summed E-state index contributed by atoms with van der Waals surface area (Å²) < 4.78 is 19.2. The lowest BCUT2D eigenvalue weighted by Gasteiger charge is -2.13. The molecule has 0 spiro atoms. The van der Waals surface area contributed by atoms with Gasteiger partial charge >= 0.3 is 0 Å². The highest BCUT2D eigenvalue weighted by Gasteiger charge is 2.10. The molecule has 2 nitrogen and oxygen atoms in total. The van der Waals surface area contributed by atoms with Crippen LogP contribution in [0.3, 0.4) is 0 Å². The molecule has 2 rings (SSSR count). The Kier molecular flexibility index (Phi) is 6.08. The monoisotopic (exact) mass is 370 g/mol. The van der Waals surface area contributed by atoms with E-state index in [1.165, 1.54) is 23.9 Å². The molecule has 0 fully saturated rings. The lowest BCUT2D eigenvalue weighted by atomic mass is 10.1. The van der Waals surface area contributed by atoms with Crippen molar-refractivity contribution in [3.63, 3.8) is 0 Å². The molecule has 0 saturated heterocycles. The molecular weight excluding hydrogens is 355 g/mol. The molecule has 1 unspecified atom stereocenters. The van der Waals surface area contributed by atoms with Crippen LogP contribution in [0.15, 0.2) is 51.8 Å². The predicted octanol–water partition coefficient (Wildman–Crippen LogP) is 4.29. The fourth-order valence-electron chi connectivity index (χ4n) is 1.90. The Balaban J connectivity index is 1.94. The van der Waals surface area contributed by atoms with E-state index in [1.807, 2.05) is 24.3 Å². The Morgan fingerprint density at radius 1 is 1.29 bits per heavy atom. The van der Waals surface area contributed by atoms with Gasteiger partial charge in [-0.05, 0) is 42.0 Å². The molecule has 0 radical (unpaired) electrons. The maximum Gasteiger partial charge on any atom is 0.124 e. The van der Waals surface area contributed by atoms with Crippen LogP contribution in [0, 0.1) is 5.82 Å². The van der Waals surface area contributed by atoms with Gasteiger partial charge in [0, 0.05) is 21.5 Å². The summed E-state index contributed by atoms with van der Waals surface area (Å²) in [6, 6.07) is 12.1. The van der Waals surface area contributed by atoms with E-state index in [2.05, 4.69) is 15.9 Å². The second-order valence-electron chi connectivity index (χ2n) is 4.58. The fourth-order valence-corrected chi connectivity index (χ4v) is 3.18. The van der Waals surface area contributed by atoms with Crippen molar-refractivity contribution in [2.75, 3.05) is 12.9 Å². The first-order valence-corrected chi connectivity index (χ1v) is 8.25. The normalized spacial score (nSPS) is 12.2. The molecule has 0 aromatic heterocycles. The molecule has 0 bridgehead atoms. The van der Waals surface area contributed by atoms with Gasteiger partial charge in [0.15, 0.2) is 0 Å². The molecule has 0 aliphatic heterocycles. The number of hydrogen-bond donors (Lipinski definition) is 1. The minimum Gasteiger partial charge on any atom is -0.497 e. The average Bonchev–Trinajstić information content (AvgIpc) is 2.47. The Hall–Kier alpha value is -1.04. The zero-order valence-electron chi connectivity index (χ0n) is 11.6. The van der Waals surface area contributed by atoms with E-state index in [4.69, 9.17) is 4.74 Å². The summed E-state index contributed by atoms with van der Waals surface area (Å²) >= 11 is 4.91. The zero-order valence-corrected chi connectivity index (χ0v) is 14.0. The molecule has 112 valence electrons. The highest BCUT2D eigenvalue weighted by molar-refractivity contribution is 9.10. The third-order valence-electron chi connectivity index (χ3n) is 2.95. The number of aliphatic hydroxyl groups excluding tert-OH is 1. The first kappa shape index (κ1) is 16.3. The Labute approximate surface area is 136 Å². The Morgan fingerprint density at radius 3 is 2.81 bits per heavy atom. The average molecular weight is 371 g/mol. The maximum atomic E-state index is 13.1. The number of benzene rings is 2. The Morgan fingerprint density at radius 2 is 2.10 bits per heavy atom. The topological polar surface area (TPSA) is 29.5 Å². The summed E-state index contributed by atoms with van der Waals surface area (Å²) in [4.78, 5) is 0.818. The van der Waals surface area contributed by atoms with Crippen molar-refractivity contribution in [1.82, 2.24) is 0 Å². The van der Waals surface area contributed by atoms with Gasteiger partial charge in [0.25, 0.3) is 0 Å². The van der Waals surface area contributed by atoms with Crippen LogP contribution in [0.1, 0.15) is 5.56 Å². The number of aliphatic hydroxyl groups is 1. The summed E-state index contributed by atoms with van der Waals surface area (Å²) in [6.45, 7) is 0. The van der Waals surface area contributed by atoms with Gasteiger partial charge in [-0.2, -0.15) is 0 Å². The van der Waals surface area contributed by atoms with Crippen LogP contribution in [0.25, 0.3) is 0 Å². The van der Waals surface area contributed by atoms with Crippen molar-refractivity contribution in [2.24, 2.45) is 0 Å². The van der Waals surface area contributed by atoms with Gasteiger partial charge in [-0.25, -0.2) is 4.39 Å². The molecule has 2 aromatic carbocycles. The van der Waals surface area contributed by atoms with Gasteiger partial charge < -0.3 is 9.84 Å². The van der Waals surface area contributed by atoms with Gasteiger partial charge in [-0.3, -0.25) is 0 Å². The first-order chi connectivity index (χ1) is 10.1. The van der Waals surface area contributed by atoms with Crippen molar-refractivity contribution in [3.05, 3.63) is 58.3 Å². The van der Waals surface area contributed by atoms with Crippen LogP contribution < -0.4 is 4.74 Å². The van der Waals surface area contributed by atoms with Crippen LogP contribution in [0.5, 0.6) is 5.75 Å². The summed E-state index contributed by atoms with van der Waals surface area (Å²) in [6.07, 6.45) is 0.00165.